The van der Waals surface area contributed by atoms with E-state index < -0.39 is 4.92 Å². The molecule has 0 saturated heterocycles. The molecule has 0 saturated carbocycles. The van der Waals surface area contributed by atoms with Gasteiger partial charge in [-0.05, 0) is 13.0 Å². The first-order chi connectivity index (χ1) is 8.11. The number of nitro benzene ring substituents is 1. The van der Waals surface area contributed by atoms with Gasteiger partial charge in [0.1, 0.15) is 0 Å². The topological polar surface area (TPSA) is 70.2 Å². The van der Waals surface area contributed by atoms with Crippen molar-refractivity contribution in [2.75, 3.05) is 7.11 Å². The number of rotatable bonds is 3. The third-order valence-corrected chi connectivity index (χ3v) is 2.37. The van der Waals surface area contributed by atoms with E-state index in [-0.39, 0.29) is 11.4 Å². The van der Waals surface area contributed by atoms with Crippen molar-refractivity contribution in [1.29, 1.82) is 0 Å². The van der Waals surface area contributed by atoms with Crippen LogP contribution < -0.4 is 4.74 Å². The van der Waals surface area contributed by atoms with Crippen molar-refractivity contribution in [3.63, 3.8) is 0 Å². The Morgan fingerprint density at radius 1 is 1.47 bits per heavy atom. The second-order valence-electron chi connectivity index (χ2n) is 3.54. The van der Waals surface area contributed by atoms with Crippen LogP contribution in [0.25, 0.3) is 5.69 Å². The molecule has 6 heteroatoms. The van der Waals surface area contributed by atoms with E-state index in [1.165, 1.54) is 13.2 Å². The first-order valence-corrected chi connectivity index (χ1v) is 4.95. The molecular weight excluding hydrogens is 222 g/mol. The second kappa shape index (κ2) is 4.25. The van der Waals surface area contributed by atoms with Crippen LogP contribution in [-0.4, -0.2) is 21.6 Å². The predicted molar refractivity (Wildman–Crippen MR) is 61.5 cm³/mol. The molecule has 0 amide bonds. The van der Waals surface area contributed by atoms with Crippen molar-refractivity contribution < 1.29 is 9.66 Å². The number of benzene rings is 1. The van der Waals surface area contributed by atoms with E-state index >= 15 is 0 Å². The molecule has 0 aliphatic rings. The third-order valence-electron chi connectivity index (χ3n) is 2.37. The van der Waals surface area contributed by atoms with Crippen LogP contribution in [0.1, 0.15) is 5.69 Å². The molecule has 1 aromatic heterocycles. The molecule has 0 unspecified atom stereocenters. The van der Waals surface area contributed by atoms with E-state index in [1.807, 2.05) is 13.1 Å². The highest BCUT2D eigenvalue weighted by atomic mass is 16.6. The molecule has 0 N–H and O–H groups in total. The lowest BCUT2D eigenvalue weighted by molar-refractivity contribution is -0.385. The largest absolute Gasteiger partial charge is 0.490 e. The second-order valence-corrected chi connectivity index (χ2v) is 3.54. The smallest absolute Gasteiger partial charge is 0.311 e. The van der Waals surface area contributed by atoms with Gasteiger partial charge in [0.25, 0.3) is 0 Å². The summed E-state index contributed by atoms with van der Waals surface area (Å²) in [6, 6.07) is 4.69. The van der Waals surface area contributed by atoms with Crippen LogP contribution in [0.15, 0.2) is 30.7 Å². The van der Waals surface area contributed by atoms with E-state index in [1.54, 1.807) is 23.0 Å². The number of methoxy groups -OCH3 is 1. The zero-order chi connectivity index (χ0) is 12.4. The van der Waals surface area contributed by atoms with Crippen molar-refractivity contribution in [3.8, 4) is 11.4 Å². The summed E-state index contributed by atoms with van der Waals surface area (Å²) < 4.78 is 6.78. The van der Waals surface area contributed by atoms with Crippen LogP contribution in [0.4, 0.5) is 5.69 Å². The van der Waals surface area contributed by atoms with Crippen LogP contribution >= 0.6 is 0 Å². The molecule has 0 radical (unpaired) electrons. The Hall–Kier alpha value is -2.37. The van der Waals surface area contributed by atoms with Gasteiger partial charge in [-0.1, -0.05) is 0 Å². The van der Waals surface area contributed by atoms with Crippen molar-refractivity contribution >= 4 is 5.69 Å². The number of hydrogen-bond donors (Lipinski definition) is 0. The van der Waals surface area contributed by atoms with Gasteiger partial charge in [-0.2, -0.15) is 0 Å². The van der Waals surface area contributed by atoms with Crippen LogP contribution in [0.5, 0.6) is 5.75 Å². The Balaban J connectivity index is 2.48. The van der Waals surface area contributed by atoms with Gasteiger partial charge in [-0.25, -0.2) is 4.98 Å². The maximum Gasteiger partial charge on any atom is 0.311 e. The Bertz CT molecular complexity index is 563. The van der Waals surface area contributed by atoms with E-state index in [9.17, 15) is 10.1 Å². The van der Waals surface area contributed by atoms with E-state index in [0.29, 0.717) is 0 Å². The quantitative estimate of drug-likeness (QED) is 0.601. The molecule has 88 valence electrons. The SMILES string of the molecule is COc1cc(-n2cnc(C)c2)ccc1[N+](=O)[O-]. The zero-order valence-electron chi connectivity index (χ0n) is 9.45. The van der Waals surface area contributed by atoms with E-state index in [0.717, 1.165) is 11.4 Å². The highest BCUT2D eigenvalue weighted by Gasteiger charge is 2.15. The lowest BCUT2D eigenvalue weighted by atomic mass is 10.2. The summed E-state index contributed by atoms with van der Waals surface area (Å²) in [5, 5.41) is 10.7. The molecule has 0 bridgehead atoms. The van der Waals surface area contributed by atoms with Crippen LogP contribution in [0.3, 0.4) is 0 Å². The predicted octanol–water partition coefficient (Wildman–Crippen LogP) is 2.10. The van der Waals surface area contributed by atoms with Crippen LogP contribution in [0, 0.1) is 17.0 Å². The van der Waals surface area contributed by atoms with Gasteiger partial charge in [-0.3, -0.25) is 10.1 Å². The number of nitro groups is 1. The fourth-order valence-corrected chi connectivity index (χ4v) is 1.54. The Kier molecular flexibility index (Phi) is 2.78. The van der Waals surface area contributed by atoms with Gasteiger partial charge < -0.3 is 9.30 Å². The lowest BCUT2D eigenvalue weighted by Gasteiger charge is -2.05. The highest BCUT2D eigenvalue weighted by Crippen LogP contribution is 2.28. The Morgan fingerprint density at radius 2 is 2.24 bits per heavy atom. The summed E-state index contributed by atoms with van der Waals surface area (Å²) >= 11 is 0. The van der Waals surface area contributed by atoms with Gasteiger partial charge in [-0.15, -0.1) is 0 Å². The Labute approximate surface area is 97.6 Å². The summed E-state index contributed by atoms with van der Waals surface area (Å²) in [5.41, 5.74) is 1.60. The molecule has 0 aliphatic carbocycles. The maximum absolute atomic E-state index is 10.7. The molecule has 0 aliphatic heterocycles. The van der Waals surface area contributed by atoms with E-state index in [2.05, 4.69) is 4.98 Å². The van der Waals surface area contributed by atoms with Gasteiger partial charge in [0.05, 0.1) is 29.7 Å². The Morgan fingerprint density at radius 3 is 2.76 bits per heavy atom. The lowest BCUT2D eigenvalue weighted by Crippen LogP contribution is -1.96. The number of aromatic nitrogens is 2. The number of ether oxygens (including phenoxy) is 1. The van der Waals surface area contributed by atoms with Gasteiger partial charge in [0.15, 0.2) is 5.75 Å². The molecule has 17 heavy (non-hydrogen) atoms. The standard InChI is InChI=1S/C11H11N3O3/c1-8-6-13(7-12-8)9-3-4-10(14(15)16)11(5-9)17-2/h3-7H,1-2H3. The average Bonchev–Trinajstić information content (AvgIpc) is 2.75. The normalized spacial score (nSPS) is 10.2. The zero-order valence-corrected chi connectivity index (χ0v) is 9.45. The minimum Gasteiger partial charge on any atom is -0.490 e. The van der Waals surface area contributed by atoms with Crippen molar-refractivity contribution in [2.24, 2.45) is 0 Å². The molecule has 1 aromatic carbocycles. The number of nitrogens with zero attached hydrogens (tertiary/aromatic N) is 3. The highest BCUT2D eigenvalue weighted by molar-refractivity contribution is 5.53. The monoisotopic (exact) mass is 233 g/mol. The number of aryl methyl sites for hydroxylation is 1. The first-order valence-electron chi connectivity index (χ1n) is 4.95. The van der Waals surface area contributed by atoms with Gasteiger partial charge >= 0.3 is 5.69 Å². The molecular formula is C11H11N3O3. The molecule has 6 nitrogen and oxygen atoms in total. The minimum atomic E-state index is -0.470. The van der Waals surface area contributed by atoms with E-state index in [4.69, 9.17) is 4.74 Å². The summed E-state index contributed by atoms with van der Waals surface area (Å²) in [6.07, 6.45) is 3.48. The third kappa shape index (κ3) is 2.10. The van der Waals surface area contributed by atoms with Crippen molar-refractivity contribution in [1.82, 2.24) is 9.55 Å². The van der Waals surface area contributed by atoms with Crippen LogP contribution in [0.2, 0.25) is 0 Å². The molecule has 0 atom stereocenters. The van der Waals surface area contributed by atoms with Gasteiger partial charge in [0, 0.05) is 18.3 Å². The molecule has 1 heterocycles. The number of imidazole rings is 1. The molecule has 0 fully saturated rings. The summed E-state index contributed by atoms with van der Waals surface area (Å²) in [4.78, 5) is 14.4. The first kappa shape index (κ1) is 11.1. The molecule has 0 spiro atoms. The minimum absolute atomic E-state index is 0.0481. The summed E-state index contributed by atoms with van der Waals surface area (Å²) in [5.74, 6) is 0.235. The summed E-state index contributed by atoms with van der Waals surface area (Å²) in [6.45, 7) is 1.87. The van der Waals surface area contributed by atoms with Crippen LogP contribution in [-0.2, 0) is 0 Å². The number of hydrogen-bond acceptors (Lipinski definition) is 4. The fraction of sp³-hybridized carbons (Fsp3) is 0.182. The molecule has 2 aromatic rings. The summed E-state index contributed by atoms with van der Waals surface area (Å²) in [7, 11) is 1.41. The average molecular weight is 233 g/mol. The maximum atomic E-state index is 10.7. The fourth-order valence-electron chi connectivity index (χ4n) is 1.54. The molecule has 2 rings (SSSR count). The van der Waals surface area contributed by atoms with Gasteiger partial charge in [0.2, 0.25) is 0 Å². The van der Waals surface area contributed by atoms with Crippen molar-refractivity contribution in [2.45, 2.75) is 6.92 Å². The van der Waals surface area contributed by atoms with Crippen molar-refractivity contribution in [3.05, 3.63) is 46.5 Å².